The third kappa shape index (κ3) is 3.45. The summed E-state index contributed by atoms with van der Waals surface area (Å²) in [5, 5.41) is 9.11. The molecule has 0 saturated heterocycles. The summed E-state index contributed by atoms with van der Waals surface area (Å²) in [5.41, 5.74) is 0.439. The molecule has 0 aliphatic carbocycles. The SMILES string of the molecule is CC(C#N)CN(C)C(=O)c1cccc(Br)c1Cl. The average molecular weight is 316 g/mol. The van der Waals surface area contributed by atoms with Gasteiger partial charge < -0.3 is 4.90 Å². The van der Waals surface area contributed by atoms with E-state index in [9.17, 15) is 4.79 Å². The lowest BCUT2D eigenvalue weighted by atomic mass is 10.1. The van der Waals surface area contributed by atoms with Gasteiger partial charge in [0.1, 0.15) is 0 Å². The van der Waals surface area contributed by atoms with Crippen LogP contribution in [-0.4, -0.2) is 24.4 Å². The van der Waals surface area contributed by atoms with Crippen molar-refractivity contribution in [2.45, 2.75) is 6.92 Å². The van der Waals surface area contributed by atoms with Crippen molar-refractivity contribution in [2.24, 2.45) is 5.92 Å². The molecule has 17 heavy (non-hydrogen) atoms. The average Bonchev–Trinajstić information content (AvgIpc) is 2.31. The van der Waals surface area contributed by atoms with Crippen molar-refractivity contribution in [1.82, 2.24) is 4.90 Å². The summed E-state index contributed by atoms with van der Waals surface area (Å²) < 4.78 is 0.687. The molecule has 0 saturated carbocycles. The molecule has 0 aliphatic rings. The lowest BCUT2D eigenvalue weighted by molar-refractivity contribution is 0.0785. The van der Waals surface area contributed by atoms with Gasteiger partial charge in [0, 0.05) is 18.1 Å². The Morgan fingerprint density at radius 1 is 1.65 bits per heavy atom. The fourth-order valence-electron chi connectivity index (χ4n) is 1.41. The summed E-state index contributed by atoms with van der Waals surface area (Å²) >= 11 is 9.32. The van der Waals surface area contributed by atoms with E-state index >= 15 is 0 Å². The minimum Gasteiger partial charge on any atom is -0.340 e. The molecule has 0 heterocycles. The molecule has 3 nitrogen and oxygen atoms in total. The number of carbonyl (C=O) groups excluding carboxylic acids is 1. The van der Waals surface area contributed by atoms with E-state index in [-0.39, 0.29) is 11.8 Å². The van der Waals surface area contributed by atoms with Crippen molar-refractivity contribution < 1.29 is 4.79 Å². The van der Waals surface area contributed by atoms with Gasteiger partial charge in [-0.3, -0.25) is 4.79 Å². The first kappa shape index (κ1) is 14.0. The van der Waals surface area contributed by atoms with Gasteiger partial charge in [-0.15, -0.1) is 0 Å². The minimum atomic E-state index is -0.199. The van der Waals surface area contributed by atoms with Crippen LogP contribution in [0.15, 0.2) is 22.7 Å². The second-order valence-corrected chi connectivity index (χ2v) is 5.05. The molecule has 1 atom stereocenters. The molecule has 0 fully saturated rings. The van der Waals surface area contributed by atoms with Gasteiger partial charge in [-0.1, -0.05) is 17.7 Å². The topological polar surface area (TPSA) is 44.1 Å². The van der Waals surface area contributed by atoms with Crippen LogP contribution in [0.5, 0.6) is 0 Å². The van der Waals surface area contributed by atoms with Crippen LogP contribution >= 0.6 is 27.5 Å². The van der Waals surface area contributed by atoms with Crippen LogP contribution in [0.4, 0.5) is 0 Å². The zero-order chi connectivity index (χ0) is 13.0. The third-order valence-electron chi connectivity index (χ3n) is 2.30. The van der Waals surface area contributed by atoms with E-state index < -0.39 is 0 Å². The van der Waals surface area contributed by atoms with Crippen molar-refractivity contribution in [3.63, 3.8) is 0 Å². The summed E-state index contributed by atoms with van der Waals surface area (Å²) in [6.07, 6.45) is 0. The second kappa shape index (κ2) is 6.04. The molecule has 0 N–H and O–H groups in total. The predicted octanol–water partition coefficient (Wildman–Crippen LogP) is 3.33. The molecule has 5 heteroatoms. The molecule has 0 bridgehead atoms. The molecule has 1 rings (SSSR count). The van der Waals surface area contributed by atoms with Crippen LogP contribution in [-0.2, 0) is 0 Å². The number of nitrogens with zero attached hydrogens (tertiary/aromatic N) is 2. The van der Waals surface area contributed by atoms with Gasteiger partial charge in [0.2, 0.25) is 0 Å². The van der Waals surface area contributed by atoms with Crippen molar-refractivity contribution in [2.75, 3.05) is 13.6 Å². The number of halogens is 2. The first-order chi connectivity index (χ1) is 7.97. The summed E-state index contributed by atoms with van der Waals surface area (Å²) in [6, 6.07) is 7.29. The molecule has 1 unspecified atom stereocenters. The van der Waals surface area contributed by atoms with Gasteiger partial charge in [0.05, 0.1) is 22.6 Å². The zero-order valence-corrected chi connectivity index (χ0v) is 11.9. The summed E-state index contributed by atoms with van der Waals surface area (Å²) in [5.74, 6) is -0.381. The second-order valence-electron chi connectivity index (χ2n) is 3.82. The Bertz CT molecular complexity index is 470. The Hall–Kier alpha value is -1.05. The van der Waals surface area contributed by atoms with Crippen LogP contribution in [0, 0.1) is 17.2 Å². The van der Waals surface area contributed by atoms with Gasteiger partial charge in [0.25, 0.3) is 5.91 Å². The fourth-order valence-corrected chi connectivity index (χ4v) is 1.98. The Kier molecular flexibility index (Phi) is 4.98. The van der Waals surface area contributed by atoms with Crippen LogP contribution in [0.3, 0.4) is 0 Å². The van der Waals surface area contributed by atoms with E-state index in [1.165, 1.54) is 4.90 Å². The van der Waals surface area contributed by atoms with Gasteiger partial charge >= 0.3 is 0 Å². The van der Waals surface area contributed by atoms with E-state index in [1.807, 2.05) is 0 Å². The minimum absolute atomic E-state index is 0.182. The highest BCUT2D eigenvalue weighted by atomic mass is 79.9. The van der Waals surface area contributed by atoms with Crippen LogP contribution < -0.4 is 0 Å². The van der Waals surface area contributed by atoms with Crippen molar-refractivity contribution in [1.29, 1.82) is 5.26 Å². The lowest BCUT2D eigenvalue weighted by Crippen LogP contribution is -2.30. The molecule has 0 aromatic heterocycles. The van der Waals surface area contributed by atoms with Crippen LogP contribution in [0.1, 0.15) is 17.3 Å². The van der Waals surface area contributed by atoms with Gasteiger partial charge in [-0.25, -0.2) is 0 Å². The van der Waals surface area contributed by atoms with Crippen LogP contribution in [0.2, 0.25) is 5.02 Å². The predicted molar refractivity (Wildman–Crippen MR) is 70.9 cm³/mol. The Morgan fingerprint density at radius 2 is 2.29 bits per heavy atom. The Labute approximate surface area is 114 Å². The molecule has 0 spiro atoms. The number of amides is 1. The molecule has 1 aromatic rings. The maximum Gasteiger partial charge on any atom is 0.255 e. The van der Waals surface area contributed by atoms with Gasteiger partial charge in [-0.2, -0.15) is 5.26 Å². The lowest BCUT2D eigenvalue weighted by Gasteiger charge is -2.19. The summed E-state index contributed by atoms with van der Waals surface area (Å²) in [7, 11) is 1.66. The largest absolute Gasteiger partial charge is 0.340 e. The quantitative estimate of drug-likeness (QED) is 0.858. The van der Waals surface area contributed by atoms with Gasteiger partial charge in [0.15, 0.2) is 0 Å². The highest BCUT2D eigenvalue weighted by Gasteiger charge is 2.17. The Balaban J connectivity index is 2.90. The third-order valence-corrected chi connectivity index (χ3v) is 3.59. The van der Waals surface area contributed by atoms with E-state index in [1.54, 1.807) is 32.2 Å². The summed E-state index contributed by atoms with van der Waals surface area (Å²) in [4.78, 5) is 13.6. The molecular weight excluding hydrogens is 304 g/mol. The van der Waals surface area contributed by atoms with Crippen LogP contribution in [0.25, 0.3) is 0 Å². The maximum atomic E-state index is 12.1. The fraction of sp³-hybridized carbons (Fsp3) is 0.333. The normalized spacial score (nSPS) is 11.7. The number of hydrogen-bond donors (Lipinski definition) is 0. The van der Waals surface area contributed by atoms with E-state index in [0.29, 0.717) is 21.6 Å². The highest BCUT2D eigenvalue weighted by molar-refractivity contribution is 9.10. The van der Waals surface area contributed by atoms with Crippen molar-refractivity contribution in [3.05, 3.63) is 33.3 Å². The maximum absolute atomic E-state index is 12.1. The first-order valence-corrected chi connectivity index (χ1v) is 6.23. The van der Waals surface area contributed by atoms with Gasteiger partial charge in [-0.05, 0) is 35.0 Å². The number of benzene rings is 1. The smallest absolute Gasteiger partial charge is 0.255 e. The molecule has 1 aromatic carbocycles. The monoisotopic (exact) mass is 314 g/mol. The van der Waals surface area contributed by atoms with Crippen molar-refractivity contribution >= 4 is 33.4 Å². The number of nitriles is 1. The molecule has 0 aliphatic heterocycles. The first-order valence-electron chi connectivity index (χ1n) is 5.06. The Morgan fingerprint density at radius 3 is 2.88 bits per heavy atom. The number of hydrogen-bond acceptors (Lipinski definition) is 2. The molecule has 90 valence electrons. The van der Waals surface area contributed by atoms with E-state index in [0.717, 1.165) is 0 Å². The number of carbonyl (C=O) groups is 1. The highest BCUT2D eigenvalue weighted by Crippen LogP contribution is 2.26. The molecule has 1 amide bonds. The molecule has 0 radical (unpaired) electrons. The molecular formula is C12H12BrClN2O. The standard InChI is InChI=1S/C12H12BrClN2O/c1-8(6-15)7-16(2)12(17)9-4-3-5-10(13)11(9)14/h3-5,8H,7H2,1-2H3. The van der Waals surface area contributed by atoms with E-state index in [4.69, 9.17) is 16.9 Å². The van der Waals surface area contributed by atoms with Crippen molar-refractivity contribution in [3.8, 4) is 6.07 Å². The number of rotatable bonds is 3. The summed E-state index contributed by atoms with van der Waals surface area (Å²) in [6.45, 7) is 2.16. The van der Waals surface area contributed by atoms with E-state index in [2.05, 4.69) is 22.0 Å². The zero-order valence-electron chi connectivity index (χ0n) is 9.58.